The topological polar surface area (TPSA) is 73.9 Å². The van der Waals surface area contributed by atoms with E-state index in [2.05, 4.69) is 18.0 Å². The molecule has 6 heteroatoms. The van der Waals surface area contributed by atoms with E-state index in [0.29, 0.717) is 22.5 Å². The maximum absolute atomic E-state index is 12.9. The number of hydrogen-bond donors (Lipinski definition) is 2. The summed E-state index contributed by atoms with van der Waals surface area (Å²) in [7, 11) is 2.11. The van der Waals surface area contributed by atoms with Crippen LogP contribution in [0.5, 0.6) is 11.5 Å². The van der Waals surface area contributed by atoms with Crippen molar-refractivity contribution < 1.29 is 14.6 Å². The van der Waals surface area contributed by atoms with Crippen LogP contribution < -0.4 is 5.43 Å². The van der Waals surface area contributed by atoms with Gasteiger partial charge in [-0.2, -0.15) is 0 Å². The molecule has 0 bridgehead atoms. The first-order valence-electron chi connectivity index (χ1n) is 9.33. The number of phenols is 1. The van der Waals surface area contributed by atoms with Crippen LogP contribution in [0.4, 0.5) is 0 Å². The van der Waals surface area contributed by atoms with Crippen molar-refractivity contribution in [2.24, 2.45) is 0 Å². The average molecular weight is 400 g/mol. The Morgan fingerprint density at radius 1 is 1.14 bits per heavy atom. The predicted molar refractivity (Wildman–Crippen MR) is 110 cm³/mol. The summed E-state index contributed by atoms with van der Waals surface area (Å²) in [6.45, 7) is 3.92. The lowest BCUT2D eigenvalue weighted by Crippen LogP contribution is -2.29. The van der Waals surface area contributed by atoms with Gasteiger partial charge in [0.25, 0.3) is 0 Å². The van der Waals surface area contributed by atoms with Crippen LogP contribution in [0.25, 0.3) is 22.3 Å². The Labute approximate surface area is 167 Å². The summed E-state index contributed by atoms with van der Waals surface area (Å²) in [5.41, 5.74) is 2.47. The number of rotatable bonds is 2. The maximum atomic E-state index is 12.9. The molecule has 0 spiro atoms. The third-order valence-corrected chi connectivity index (χ3v) is 5.81. The fourth-order valence-corrected chi connectivity index (χ4v) is 4.11. The van der Waals surface area contributed by atoms with Gasteiger partial charge >= 0.3 is 0 Å². The van der Waals surface area contributed by atoms with Gasteiger partial charge in [0, 0.05) is 5.56 Å². The van der Waals surface area contributed by atoms with Gasteiger partial charge in [0.05, 0.1) is 10.4 Å². The third-order valence-electron chi connectivity index (χ3n) is 5.51. The molecule has 0 atom stereocenters. The molecular weight excluding hydrogens is 378 g/mol. The first-order valence-corrected chi connectivity index (χ1v) is 9.70. The molecule has 28 heavy (non-hydrogen) atoms. The molecule has 0 unspecified atom stereocenters. The summed E-state index contributed by atoms with van der Waals surface area (Å²) in [5, 5.41) is 20.7. The molecular formula is C22H22ClNO4. The molecule has 0 radical (unpaired) electrons. The van der Waals surface area contributed by atoms with Crippen molar-refractivity contribution >= 4 is 22.6 Å². The van der Waals surface area contributed by atoms with Gasteiger partial charge in [-0.15, -0.1) is 0 Å². The highest BCUT2D eigenvalue weighted by Crippen LogP contribution is 2.38. The lowest BCUT2D eigenvalue weighted by molar-refractivity contribution is 0.255. The normalized spacial score (nSPS) is 16.0. The molecule has 1 aliphatic heterocycles. The number of likely N-dealkylation sites (tertiary alicyclic amines) is 1. The summed E-state index contributed by atoms with van der Waals surface area (Å²) in [6, 6.07) is 8.28. The lowest BCUT2D eigenvalue weighted by Gasteiger charge is -2.29. The highest BCUT2D eigenvalue weighted by atomic mass is 35.5. The van der Waals surface area contributed by atoms with Crippen LogP contribution in [0.1, 0.15) is 29.9 Å². The Bertz CT molecular complexity index is 1110. The smallest absolute Gasteiger partial charge is 0.235 e. The minimum atomic E-state index is -0.460. The first kappa shape index (κ1) is 18.8. The van der Waals surface area contributed by atoms with Crippen LogP contribution in [0.15, 0.2) is 39.5 Å². The zero-order valence-corrected chi connectivity index (χ0v) is 16.6. The van der Waals surface area contributed by atoms with E-state index in [1.807, 2.05) is 6.92 Å². The van der Waals surface area contributed by atoms with Gasteiger partial charge in [0.1, 0.15) is 11.3 Å². The van der Waals surface area contributed by atoms with Crippen LogP contribution in [-0.2, 0) is 0 Å². The summed E-state index contributed by atoms with van der Waals surface area (Å²) < 4.78 is 6.12. The maximum Gasteiger partial charge on any atom is 0.235 e. The van der Waals surface area contributed by atoms with Gasteiger partial charge in [-0.3, -0.25) is 4.79 Å². The van der Waals surface area contributed by atoms with Gasteiger partial charge < -0.3 is 19.5 Å². The Kier molecular flexibility index (Phi) is 4.81. The van der Waals surface area contributed by atoms with Crippen LogP contribution in [0.3, 0.4) is 0 Å². The van der Waals surface area contributed by atoms with E-state index in [1.54, 1.807) is 12.1 Å². The van der Waals surface area contributed by atoms with E-state index in [9.17, 15) is 15.0 Å². The summed E-state index contributed by atoms with van der Waals surface area (Å²) >= 11 is 6.01. The van der Waals surface area contributed by atoms with E-state index in [4.69, 9.17) is 16.0 Å². The van der Waals surface area contributed by atoms with Crippen LogP contribution in [0, 0.1) is 6.92 Å². The molecule has 0 amide bonds. The largest absolute Gasteiger partial charge is 0.506 e. The molecule has 1 aromatic heterocycles. The minimum Gasteiger partial charge on any atom is -0.506 e. The van der Waals surface area contributed by atoms with Gasteiger partial charge in [-0.05, 0) is 81.2 Å². The molecule has 2 heterocycles. The highest BCUT2D eigenvalue weighted by molar-refractivity contribution is 6.32. The van der Waals surface area contributed by atoms with E-state index in [0.717, 1.165) is 37.1 Å². The van der Waals surface area contributed by atoms with Crippen LogP contribution in [-0.4, -0.2) is 35.3 Å². The highest BCUT2D eigenvalue weighted by Gasteiger charge is 2.24. The second kappa shape index (κ2) is 7.15. The molecule has 2 N–H and O–H groups in total. The van der Waals surface area contributed by atoms with Crippen molar-refractivity contribution in [2.75, 3.05) is 20.1 Å². The Morgan fingerprint density at radius 3 is 2.54 bits per heavy atom. The van der Waals surface area contributed by atoms with Crippen molar-refractivity contribution in [2.45, 2.75) is 25.7 Å². The first-order chi connectivity index (χ1) is 13.3. The van der Waals surface area contributed by atoms with Gasteiger partial charge in [0.2, 0.25) is 11.2 Å². The third kappa shape index (κ3) is 3.25. The van der Waals surface area contributed by atoms with Gasteiger partial charge in [-0.1, -0.05) is 17.7 Å². The number of hydrogen-bond acceptors (Lipinski definition) is 5. The van der Waals surface area contributed by atoms with Gasteiger partial charge in [-0.25, -0.2) is 0 Å². The fourth-order valence-electron chi connectivity index (χ4n) is 3.93. The molecule has 3 aromatic rings. The predicted octanol–water partition coefficient (Wildman–Crippen LogP) is 4.64. The molecule has 1 saturated heterocycles. The minimum absolute atomic E-state index is 0.0671. The molecule has 5 nitrogen and oxygen atoms in total. The molecule has 0 saturated carbocycles. The van der Waals surface area contributed by atoms with E-state index in [-0.39, 0.29) is 16.5 Å². The van der Waals surface area contributed by atoms with Crippen molar-refractivity contribution in [1.29, 1.82) is 0 Å². The van der Waals surface area contributed by atoms with Crippen molar-refractivity contribution in [3.05, 3.63) is 56.7 Å². The molecule has 0 aliphatic carbocycles. The Morgan fingerprint density at radius 2 is 1.86 bits per heavy atom. The van der Waals surface area contributed by atoms with E-state index in [1.165, 1.54) is 12.1 Å². The summed E-state index contributed by atoms with van der Waals surface area (Å²) in [4.78, 5) is 15.2. The monoisotopic (exact) mass is 399 g/mol. The fraction of sp³-hybridized carbons (Fsp3) is 0.318. The van der Waals surface area contributed by atoms with Crippen molar-refractivity contribution in [1.82, 2.24) is 4.90 Å². The van der Waals surface area contributed by atoms with Crippen molar-refractivity contribution in [3.63, 3.8) is 0 Å². The number of aryl methyl sites for hydroxylation is 1. The SMILES string of the molecule is Cc1cc(C2CCN(C)CC2)c2oc(-c3ccc(O)c(Cl)c3)c(O)c(=O)c2c1. The quantitative estimate of drug-likeness (QED) is 0.656. The number of halogens is 1. The van der Waals surface area contributed by atoms with E-state index >= 15 is 0 Å². The number of piperidine rings is 1. The zero-order valence-electron chi connectivity index (χ0n) is 15.8. The average Bonchev–Trinajstić information content (AvgIpc) is 2.67. The molecule has 2 aromatic carbocycles. The number of fused-ring (bicyclic) bond motifs is 1. The molecule has 146 valence electrons. The number of aromatic hydroxyl groups is 2. The lowest BCUT2D eigenvalue weighted by atomic mass is 9.87. The van der Waals surface area contributed by atoms with Crippen LogP contribution >= 0.6 is 11.6 Å². The van der Waals surface area contributed by atoms with Crippen LogP contribution in [0.2, 0.25) is 5.02 Å². The molecule has 1 aliphatic rings. The summed E-state index contributed by atoms with van der Waals surface area (Å²) in [5.74, 6) is -0.162. The molecule has 4 rings (SSSR count). The zero-order chi connectivity index (χ0) is 20.0. The second-order valence-corrected chi connectivity index (χ2v) is 7.99. The number of phenolic OH excluding ortho intramolecular Hbond substituents is 1. The second-order valence-electron chi connectivity index (χ2n) is 7.58. The summed E-state index contributed by atoms with van der Waals surface area (Å²) in [6.07, 6.45) is 1.97. The number of benzene rings is 2. The standard InChI is InChI=1S/C22H22ClNO4/c1-12-9-15(13-5-7-24(2)8-6-13)22-16(10-12)19(26)20(27)21(28-22)14-3-4-18(25)17(23)11-14/h3-4,9-11,13,25,27H,5-8H2,1-2H3. The van der Waals surface area contributed by atoms with Crippen molar-refractivity contribution in [3.8, 4) is 22.8 Å². The van der Waals surface area contributed by atoms with E-state index < -0.39 is 11.2 Å². The Balaban J connectivity index is 1.95. The van der Waals surface area contributed by atoms with Gasteiger partial charge in [0.15, 0.2) is 5.76 Å². The number of nitrogens with zero attached hydrogens (tertiary/aromatic N) is 1. The molecule has 1 fully saturated rings. The Hall–Kier alpha value is -2.50.